The number of carbonyl (C=O) groups is 1. The highest BCUT2D eigenvalue weighted by Crippen LogP contribution is 2.25. The van der Waals surface area contributed by atoms with Gasteiger partial charge in [0, 0.05) is 0 Å². The summed E-state index contributed by atoms with van der Waals surface area (Å²) in [6, 6.07) is 0. The minimum absolute atomic E-state index is 0.0168. The van der Waals surface area contributed by atoms with Crippen molar-refractivity contribution in [3.63, 3.8) is 0 Å². The topological polar surface area (TPSA) is 134 Å². The fourth-order valence-electron chi connectivity index (χ4n) is 0.720. The van der Waals surface area contributed by atoms with E-state index in [2.05, 4.69) is 11.3 Å². The average molecular weight is 316 g/mol. The molecule has 120 valence electrons. The molecule has 0 aliphatic carbocycles. The summed E-state index contributed by atoms with van der Waals surface area (Å²) in [5, 5.41) is 8.43. The molecule has 9 nitrogen and oxygen atoms in total. The molecule has 0 radical (unpaired) electrons. The third-order valence-electron chi connectivity index (χ3n) is 1.59. The molecule has 0 unspecified atom stereocenters. The highest BCUT2D eigenvalue weighted by atomic mass is 31.2. The van der Waals surface area contributed by atoms with E-state index in [9.17, 15) is 4.79 Å². The molecule has 0 aromatic heterocycles. The summed E-state index contributed by atoms with van der Waals surface area (Å²) in [5.74, 6) is -0.637. The first-order valence-corrected chi connectivity index (χ1v) is 7.12. The highest BCUT2D eigenvalue weighted by Gasteiger charge is 2.12. The minimum Gasteiger partial charge on any atom is -0.481 e. The van der Waals surface area contributed by atoms with Crippen molar-refractivity contribution >= 4 is 13.8 Å². The maximum Gasteiger partial charge on any atom is 0.466 e. The first-order valence-electron chi connectivity index (χ1n) is 5.55. The Morgan fingerprint density at radius 1 is 1.15 bits per heavy atom. The van der Waals surface area contributed by atoms with Crippen molar-refractivity contribution in [2.45, 2.75) is 0 Å². The van der Waals surface area contributed by atoms with Crippen molar-refractivity contribution in [3.8, 4) is 0 Å². The molecule has 4 N–H and O–H groups in total. The lowest BCUT2D eigenvalue weighted by Gasteiger charge is -2.23. The predicted octanol–water partition coefficient (Wildman–Crippen LogP) is -1.17. The van der Waals surface area contributed by atoms with Gasteiger partial charge in [0.15, 0.2) is 5.76 Å². The number of rotatable bonds is 7. The number of hydrogen-bond acceptors (Lipinski definition) is 5. The molecular formula is C10H23NO8P+. The molecule has 0 aliphatic heterocycles. The molecule has 0 amide bonds. The Labute approximate surface area is 117 Å². The maximum atomic E-state index is 11.1. The van der Waals surface area contributed by atoms with E-state index in [1.807, 2.05) is 21.1 Å². The predicted molar refractivity (Wildman–Crippen MR) is 70.3 cm³/mol. The molecule has 0 spiro atoms. The number of hydrogen-bond donors (Lipinski definition) is 4. The summed E-state index contributed by atoms with van der Waals surface area (Å²) in [5.41, 5.74) is 0. The lowest BCUT2D eigenvalue weighted by atomic mass is 10.5. The standard InChI is InChI=1S/C10H20NO4.H3O4P/c1-9(10(13)15-8-6-12)14-7-5-11(2,3)4;1-5(2,3)4/h12H,1,5-8H2,2-4H3;(H3,1,2,3,4)/q+1;. The van der Waals surface area contributed by atoms with Gasteiger partial charge in [-0.3, -0.25) is 0 Å². The molecule has 0 aromatic carbocycles. The number of aliphatic hydroxyl groups excluding tert-OH is 1. The molecule has 20 heavy (non-hydrogen) atoms. The summed E-state index contributed by atoms with van der Waals surface area (Å²) in [6.07, 6.45) is 0. The number of ether oxygens (including phenoxy) is 2. The van der Waals surface area contributed by atoms with Crippen molar-refractivity contribution < 1.29 is 43.1 Å². The van der Waals surface area contributed by atoms with Crippen molar-refractivity contribution in [3.05, 3.63) is 12.3 Å². The van der Waals surface area contributed by atoms with Gasteiger partial charge in [-0.05, 0) is 6.58 Å². The number of carbonyl (C=O) groups excluding carboxylic acids is 1. The Balaban J connectivity index is 0. The molecule has 0 aromatic rings. The minimum atomic E-state index is -4.64. The molecule has 0 fully saturated rings. The van der Waals surface area contributed by atoms with Crippen LogP contribution in [0.2, 0.25) is 0 Å². The third kappa shape index (κ3) is 22.2. The van der Waals surface area contributed by atoms with Crippen LogP contribution in [0.1, 0.15) is 0 Å². The van der Waals surface area contributed by atoms with E-state index in [4.69, 9.17) is 29.1 Å². The van der Waals surface area contributed by atoms with Crippen LogP contribution in [0, 0.1) is 0 Å². The van der Waals surface area contributed by atoms with Gasteiger partial charge < -0.3 is 33.7 Å². The molecule has 0 aliphatic rings. The van der Waals surface area contributed by atoms with Crippen LogP contribution in [0.3, 0.4) is 0 Å². The van der Waals surface area contributed by atoms with E-state index in [1.165, 1.54) is 0 Å². The molecule has 0 bridgehead atoms. The second-order valence-corrected chi connectivity index (χ2v) is 5.68. The SMILES string of the molecule is C=C(OCC[N+](C)(C)C)C(=O)OCCO.O=P(O)(O)O. The normalized spacial score (nSPS) is 11.2. The zero-order chi connectivity index (χ0) is 16.4. The van der Waals surface area contributed by atoms with E-state index in [0.717, 1.165) is 11.0 Å². The van der Waals surface area contributed by atoms with Crippen LogP contribution in [0.5, 0.6) is 0 Å². The van der Waals surface area contributed by atoms with E-state index >= 15 is 0 Å². The van der Waals surface area contributed by atoms with Crippen LogP contribution >= 0.6 is 7.82 Å². The summed E-state index contributed by atoms with van der Waals surface area (Å²) >= 11 is 0. The number of phosphoric acid groups is 1. The summed E-state index contributed by atoms with van der Waals surface area (Å²) in [6.45, 7) is 4.40. The van der Waals surface area contributed by atoms with E-state index < -0.39 is 13.8 Å². The van der Waals surface area contributed by atoms with Gasteiger partial charge in [-0.15, -0.1) is 0 Å². The molecule has 0 rings (SSSR count). The van der Waals surface area contributed by atoms with Crippen LogP contribution in [-0.4, -0.2) is 77.7 Å². The van der Waals surface area contributed by atoms with Crippen LogP contribution in [0.25, 0.3) is 0 Å². The fraction of sp³-hybridized carbons (Fsp3) is 0.700. The van der Waals surface area contributed by atoms with Crippen LogP contribution < -0.4 is 0 Å². The monoisotopic (exact) mass is 316 g/mol. The molecule has 0 saturated heterocycles. The molecule has 0 heterocycles. The highest BCUT2D eigenvalue weighted by molar-refractivity contribution is 7.45. The van der Waals surface area contributed by atoms with Crippen LogP contribution in [-0.2, 0) is 18.8 Å². The smallest absolute Gasteiger partial charge is 0.466 e. The van der Waals surface area contributed by atoms with Gasteiger partial charge >= 0.3 is 13.8 Å². The first-order chi connectivity index (χ1) is 8.87. The Morgan fingerprint density at radius 3 is 1.95 bits per heavy atom. The van der Waals surface area contributed by atoms with Gasteiger partial charge in [-0.2, -0.15) is 0 Å². The van der Waals surface area contributed by atoms with Gasteiger partial charge in [0.1, 0.15) is 19.8 Å². The molecule has 10 heteroatoms. The number of aliphatic hydroxyl groups is 1. The van der Waals surface area contributed by atoms with Crippen molar-refractivity contribution in [1.29, 1.82) is 0 Å². The molecule has 0 atom stereocenters. The molecular weight excluding hydrogens is 293 g/mol. The lowest BCUT2D eigenvalue weighted by Crippen LogP contribution is -2.37. The average Bonchev–Trinajstić information content (AvgIpc) is 2.21. The largest absolute Gasteiger partial charge is 0.481 e. The zero-order valence-corrected chi connectivity index (χ0v) is 12.7. The third-order valence-corrected chi connectivity index (χ3v) is 1.59. The fourth-order valence-corrected chi connectivity index (χ4v) is 0.720. The van der Waals surface area contributed by atoms with Gasteiger partial charge in [0.2, 0.25) is 0 Å². The van der Waals surface area contributed by atoms with Gasteiger partial charge in [-0.25, -0.2) is 9.36 Å². The number of quaternary nitrogens is 1. The number of esters is 1. The van der Waals surface area contributed by atoms with Crippen molar-refractivity contribution in [2.24, 2.45) is 0 Å². The van der Waals surface area contributed by atoms with Crippen molar-refractivity contribution in [1.82, 2.24) is 0 Å². The first kappa shape index (κ1) is 21.3. The zero-order valence-electron chi connectivity index (χ0n) is 11.9. The Kier molecular flexibility index (Phi) is 10.5. The summed E-state index contributed by atoms with van der Waals surface area (Å²) in [7, 11) is 1.43. The molecule has 0 saturated carbocycles. The van der Waals surface area contributed by atoms with Crippen LogP contribution in [0.4, 0.5) is 0 Å². The van der Waals surface area contributed by atoms with Gasteiger partial charge in [0.05, 0.1) is 27.7 Å². The van der Waals surface area contributed by atoms with E-state index in [1.54, 1.807) is 0 Å². The number of nitrogens with zero attached hydrogens (tertiary/aromatic N) is 1. The van der Waals surface area contributed by atoms with Gasteiger partial charge in [0.25, 0.3) is 0 Å². The maximum absolute atomic E-state index is 11.1. The second-order valence-electron chi connectivity index (χ2n) is 4.66. The lowest BCUT2D eigenvalue weighted by molar-refractivity contribution is -0.870. The van der Waals surface area contributed by atoms with Crippen LogP contribution in [0.15, 0.2) is 12.3 Å². The van der Waals surface area contributed by atoms with Crippen molar-refractivity contribution in [2.75, 3.05) is 47.5 Å². The van der Waals surface area contributed by atoms with E-state index in [0.29, 0.717) is 6.61 Å². The quantitative estimate of drug-likeness (QED) is 0.152. The van der Waals surface area contributed by atoms with E-state index in [-0.39, 0.29) is 19.0 Å². The second kappa shape index (κ2) is 9.87. The Morgan fingerprint density at radius 2 is 1.60 bits per heavy atom. The Hall–Kier alpha value is -0.960. The number of likely N-dealkylation sites (N-methyl/N-ethyl adjacent to an activating group) is 1. The summed E-state index contributed by atoms with van der Waals surface area (Å²) < 4.78 is 19.4. The summed E-state index contributed by atoms with van der Waals surface area (Å²) in [4.78, 5) is 32.7. The Bertz CT molecular complexity index is 337. The van der Waals surface area contributed by atoms with Gasteiger partial charge in [-0.1, -0.05) is 0 Å².